The number of hydrogen-bond acceptors (Lipinski definition) is 3. The topological polar surface area (TPSA) is 46.2 Å². The molecule has 1 fully saturated rings. The molecule has 0 amide bonds. The van der Waals surface area contributed by atoms with Gasteiger partial charge in [0.05, 0.1) is 11.5 Å². The molecule has 0 aromatic carbocycles. The van der Waals surface area contributed by atoms with E-state index in [1.54, 1.807) is 0 Å². The molecule has 1 aliphatic rings. The summed E-state index contributed by atoms with van der Waals surface area (Å²) in [5.74, 6) is 1.57. The Morgan fingerprint density at radius 3 is 2.40 bits per heavy atom. The Balaban J connectivity index is 2.39. The van der Waals surface area contributed by atoms with Crippen LogP contribution >= 0.6 is 0 Å². The van der Waals surface area contributed by atoms with Crippen LogP contribution < -0.4 is 5.32 Å². The summed E-state index contributed by atoms with van der Waals surface area (Å²) < 4.78 is 22.7. The Labute approximate surface area is 93.6 Å². The van der Waals surface area contributed by atoms with E-state index in [0.717, 1.165) is 13.0 Å². The Morgan fingerprint density at radius 1 is 1.40 bits per heavy atom. The second-order valence-electron chi connectivity index (χ2n) is 5.77. The van der Waals surface area contributed by atoms with Gasteiger partial charge in [0.15, 0.2) is 9.84 Å². The van der Waals surface area contributed by atoms with Crippen LogP contribution in [-0.4, -0.2) is 32.0 Å². The van der Waals surface area contributed by atoms with Gasteiger partial charge in [-0.25, -0.2) is 8.42 Å². The maximum atomic E-state index is 11.3. The molecular weight excluding hydrogens is 210 g/mol. The lowest BCUT2D eigenvalue weighted by atomic mass is 9.93. The average molecular weight is 233 g/mol. The molecule has 90 valence electrons. The van der Waals surface area contributed by atoms with Gasteiger partial charge in [-0.1, -0.05) is 6.92 Å². The van der Waals surface area contributed by atoms with Crippen LogP contribution in [0.15, 0.2) is 0 Å². The maximum Gasteiger partial charge on any atom is 0.150 e. The van der Waals surface area contributed by atoms with Crippen LogP contribution in [0.4, 0.5) is 0 Å². The van der Waals surface area contributed by atoms with E-state index >= 15 is 0 Å². The largest absolute Gasteiger partial charge is 0.312 e. The number of rotatable bonds is 3. The summed E-state index contributed by atoms with van der Waals surface area (Å²) in [6.07, 6.45) is 0.843. The van der Waals surface area contributed by atoms with Gasteiger partial charge in [0.25, 0.3) is 0 Å². The molecule has 0 radical (unpaired) electrons. The van der Waals surface area contributed by atoms with Gasteiger partial charge in [-0.3, -0.25) is 0 Å². The first-order valence-electron chi connectivity index (χ1n) is 5.65. The molecule has 1 rings (SSSR count). The van der Waals surface area contributed by atoms with Gasteiger partial charge in [-0.2, -0.15) is 0 Å². The first kappa shape index (κ1) is 13.0. The van der Waals surface area contributed by atoms with E-state index in [9.17, 15) is 8.42 Å². The Morgan fingerprint density at radius 2 is 2.00 bits per heavy atom. The third-order valence-electron chi connectivity index (χ3n) is 3.03. The van der Waals surface area contributed by atoms with Crippen LogP contribution in [0.25, 0.3) is 0 Å². The predicted molar refractivity (Wildman–Crippen MR) is 63.7 cm³/mol. The molecule has 1 N–H and O–H groups in total. The highest BCUT2D eigenvalue weighted by Gasteiger charge is 2.31. The van der Waals surface area contributed by atoms with Gasteiger partial charge in [0.1, 0.15) is 0 Å². The second-order valence-corrected chi connectivity index (χ2v) is 8.00. The third-order valence-corrected chi connectivity index (χ3v) is 4.82. The fraction of sp³-hybridized carbons (Fsp3) is 1.00. The summed E-state index contributed by atoms with van der Waals surface area (Å²) in [6, 6.07) is 0. The molecule has 1 heterocycles. The molecule has 4 heteroatoms. The summed E-state index contributed by atoms with van der Waals surface area (Å²) in [7, 11) is -2.72. The molecule has 15 heavy (non-hydrogen) atoms. The number of hydrogen-bond donors (Lipinski definition) is 1. The van der Waals surface area contributed by atoms with Crippen LogP contribution in [0.2, 0.25) is 0 Å². The van der Waals surface area contributed by atoms with Crippen molar-refractivity contribution in [2.24, 2.45) is 11.8 Å². The van der Waals surface area contributed by atoms with Crippen LogP contribution in [0, 0.1) is 11.8 Å². The maximum absolute atomic E-state index is 11.3. The average Bonchev–Trinajstić information content (AvgIpc) is 2.40. The van der Waals surface area contributed by atoms with E-state index in [4.69, 9.17) is 0 Å². The van der Waals surface area contributed by atoms with Gasteiger partial charge in [0, 0.05) is 5.54 Å². The Kier molecular flexibility index (Phi) is 3.82. The highest BCUT2D eigenvalue weighted by atomic mass is 32.2. The smallest absolute Gasteiger partial charge is 0.150 e. The zero-order valence-electron chi connectivity index (χ0n) is 10.2. The van der Waals surface area contributed by atoms with Crippen molar-refractivity contribution < 1.29 is 8.42 Å². The van der Waals surface area contributed by atoms with Crippen molar-refractivity contribution in [1.29, 1.82) is 0 Å². The Hall–Kier alpha value is -0.0900. The van der Waals surface area contributed by atoms with E-state index in [0.29, 0.717) is 23.3 Å². The van der Waals surface area contributed by atoms with Crippen molar-refractivity contribution in [3.63, 3.8) is 0 Å². The number of sulfone groups is 1. The first-order valence-corrected chi connectivity index (χ1v) is 7.47. The summed E-state index contributed by atoms with van der Waals surface area (Å²) in [5.41, 5.74) is 0.117. The van der Waals surface area contributed by atoms with Gasteiger partial charge < -0.3 is 5.32 Å². The lowest BCUT2D eigenvalue weighted by Gasteiger charge is -2.25. The molecule has 1 saturated heterocycles. The van der Waals surface area contributed by atoms with Gasteiger partial charge >= 0.3 is 0 Å². The predicted octanol–water partition coefficient (Wildman–Crippen LogP) is 1.45. The van der Waals surface area contributed by atoms with Gasteiger partial charge in [-0.05, 0) is 45.6 Å². The van der Waals surface area contributed by atoms with Crippen LogP contribution in [-0.2, 0) is 9.84 Å². The summed E-state index contributed by atoms with van der Waals surface area (Å²) in [5, 5.41) is 3.43. The molecular formula is C11H23NO2S. The minimum atomic E-state index is -2.72. The highest BCUT2D eigenvalue weighted by molar-refractivity contribution is 7.91. The van der Waals surface area contributed by atoms with E-state index in [1.165, 1.54) is 0 Å². The molecule has 0 aromatic heterocycles. The fourth-order valence-corrected chi connectivity index (χ4v) is 3.88. The molecule has 0 saturated carbocycles. The van der Waals surface area contributed by atoms with Crippen molar-refractivity contribution >= 4 is 9.84 Å². The highest BCUT2D eigenvalue weighted by Crippen LogP contribution is 2.25. The first-order chi connectivity index (χ1) is 6.70. The van der Waals surface area contributed by atoms with Crippen molar-refractivity contribution in [3.05, 3.63) is 0 Å². The Bertz CT molecular complexity index is 303. The normalized spacial score (nSPS) is 27.9. The SMILES string of the molecule is CC(CNC(C)(C)C)C1CCS(=O)(=O)C1. The second kappa shape index (κ2) is 4.42. The molecule has 2 unspecified atom stereocenters. The zero-order chi connectivity index (χ0) is 11.7. The summed E-state index contributed by atoms with van der Waals surface area (Å²) >= 11 is 0. The monoisotopic (exact) mass is 233 g/mol. The fourth-order valence-electron chi connectivity index (χ4n) is 1.91. The molecule has 0 spiro atoms. The lowest BCUT2D eigenvalue weighted by molar-refractivity contribution is 0.322. The van der Waals surface area contributed by atoms with E-state index in [2.05, 4.69) is 33.0 Å². The summed E-state index contributed by atoms with van der Waals surface area (Å²) in [4.78, 5) is 0. The molecule has 0 aliphatic carbocycles. The third kappa shape index (κ3) is 4.51. The minimum absolute atomic E-state index is 0.117. The van der Waals surface area contributed by atoms with Crippen LogP contribution in [0.1, 0.15) is 34.1 Å². The minimum Gasteiger partial charge on any atom is -0.312 e. The molecule has 0 aromatic rings. The molecule has 3 nitrogen and oxygen atoms in total. The van der Waals surface area contributed by atoms with Crippen molar-refractivity contribution in [3.8, 4) is 0 Å². The van der Waals surface area contributed by atoms with E-state index in [-0.39, 0.29) is 5.54 Å². The van der Waals surface area contributed by atoms with E-state index in [1.807, 2.05) is 0 Å². The lowest BCUT2D eigenvalue weighted by Crippen LogP contribution is -2.40. The molecule has 1 aliphatic heterocycles. The van der Waals surface area contributed by atoms with Crippen molar-refractivity contribution in [2.75, 3.05) is 18.1 Å². The quantitative estimate of drug-likeness (QED) is 0.802. The van der Waals surface area contributed by atoms with Gasteiger partial charge in [-0.15, -0.1) is 0 Å². The molecule has 2 atom stereocenters. The molecule has 0 bridgehead atoms. The zero-order valence-corrected chi connectivity index (χ0v) is 11.0. The van der Waals surface area contributed by atoms with E-state index < -0.39 is 9.84 Å². The van der Waals surface area contributed by atoms with Gasteiger partial charge in [0.2, 0.25) is 0 Å². The summed E-state index contributed by atoms with van der Waals surface area (Å²) in [6.45, 7) is 9.44. The standard InChI is InChI=1S/C11H23NO2S/c1-9(7-12-11(2,3)4)10-5-6-15(13,14)8-10/h9-10,12H,5-8H2,1-4H3. The van der Waals surface area contributed by atoms with Crippen molar-refractivity contribution in [1.82, 2.24) is 5.32 Å². The van der Waals surface area contributed by atoms with Crippen molar-refractivity contribution in [2.45, 2.75) is 39.7 Å². The van der Waals surface area contributed by atoms with Crippen LogP contribution in [0.3, 0.4) is 0 Å². The number of nitrogens with one attached hydrogen (secondary N) is 1. The van der Waals surface area contributed by atoms with Crippen LogP contribution in [0.5, 0.6) is 0 Å².